The Hall–Kier alpha value is -3.36. The summed E-state index contributed by atoms with van der Waals surface area (Å²) < 4.78 is 39.4. The normalized spacial score (nSPS) is 12.1. The first-order valence-electron chi connectivity index (χ1n) is 11.5. The number of sulfonamides is 1. The minimum Gasteiger partial charge on any atom is -0.493 e. The molecule has 8 heteroatoms. The summed E-state index contributed by atoms with van der Waals surface area (Å²) >= 11 is 0. The molecule has 1 atom stereocenters. The molecule has 2 N–H and O–H groups in total. The third-order valence-corrected chi connectivity index (χ3v) is 7.07. The molecule has 0 heterocycles. The maximum Gasteiger partial charge on any atom is 0.242 e. The van der Waals surface area contributed by atoms with Gasteiger partial charge in [0.25, 0.3) is 0 Å². The number of hydrogen-bond donors (Lipinski definition) is 2. The predicted octanol–water partition coefficient (Wildman–Crippen LogP) is 4.57. The fraction of sp³-hybridized carbons (Fsp3) is 0.296. The van der Waals surface area contributed by atoms with Crippen molar-refractivity contribution in [3.05, 3.63) is 83.9 Å². The van der Waals surface area contributed by atoms with Gasteiger partial charge in [0.2, 0.25) is 15.9 Å². The number of nitrogens with one attached hydrogen (secondary N) is 2. The number of hydrogen-bond acceptors (Lipinski definition) is 5. The van der Waals surface area contributed by atoms with Crippen LogP contribution in [0, 0.1) is 0 Å². The zero-order valence-electron chi connectivity index (χ0n) is 20.3. The Morgan fingerprint density at radius 1 is 0.886 bits per heavy atom. The molecule has 0 aliphatic rings. The SMILES string of the molecule is CCCCc1ccc(NC(=O)[C@@H](Cc2ccccc2)NS(=O)(=O)c2ccc(OC)c(OC)c2)cc1. The standard InChI is InChI=1S/C27H32N2O5S/c1-4-5-9-20-12-14-22(15-13-20)28-27(30)24(18-21-10-7-6-8-11-21)29-35(31,32)23-16-17-25(33-2)26(19-23)34-3/h6-8,10-17,19,24,29H,4-5,9,18H2,1-3H3,(H,28,30)/t24-/m1/s1. The van der Waals surface area contributed by atoms with E-state index >= 15 is 0 Å². The molecule has 1 amide bonds. The highest BCUT2D eigenvalue weighted by Gasteiger charge is 2.27. The molecule has 35 heavy (non-hydrogen) atoms. The van der Waals surface area contributed by atoms with Crippen LogP contribution in [-0.2, 0) is 27.7 Å². The van der Waals surface area contributed by atoms with E-state index in [1.54, 1.807) is 0 Å². The van der Waals surface area contributed by atoms with Gasteiger partial charge in [0.05, 0.1) is 19.1 Å². The number of unbranched alkanes of at least 4 members (excludes halogenated alkanes) is 1. The molecule has 0 spiro atoms. The second-order valence-corrected chi connectivity index (χ2v) is 9.88. The van der Waals surface area contributed by atoms with Crippen LogP contribution in [0.4, 0.5) is 5.69 Å². The third-order valence-electron chi connectivity index (χ3n) is 5.60. The van der Waals surface area contributed by atoms with Crippen LogP contribution in [0.25, 0.3) is 0 Å². The average Bonchev–Trinajstić information content (AvgIpc) is 2.87. The van der Waals surface area contributed by atoms with Crippen molar-refractivity contribution in [1.82, 2.24) is 4.72 Å². The van der Waals surface area contributed by atoms with E-state index in [0.29, 0.717) is 11.4 Å². The van der Waals surface area contributed by atoms with Gasteiger partial charge in [-0.1, -0.05) is 55.8 Å². The lowest BCUT2D eigenvalue weighted by atomic mass is 10.1. The Labute approximate surface area is 207 Å². The number of methoxy groups -OCH3 is 2. The summed E-state index contributed by atoms with van der Waals surface area (Å²) in [6.45, 7) is 2.14. The van der Waals surface area contributed by atoms with Gasteiger partial charge in [-0.25, -0.2) is 8.42 Å². The summed E-state index contributed by atoms with van der Waals surface area (Å²) in [5.74, 6) is 0.245. The van der Waals surface area contributed by atoms with Crippen molar-refractivity contribution in [3.8, 4) is 11.5 Å². The lowest BCUT2D eigenvalue weighted by molar-refractivity contribution is -0.117. The maximum atomic E-state index is 13.2. The van der Waals surface area contributed by atoms with E-state index in [9.17, 15) is 13.2 Å². The zero-order valence-corrected chi connectivity index (χ0v) is 21.1. The smallest absolute Gasteiger partial charge is 0.242 e. The predicted molar refractivity (Wildman–Crippen MR) is 137 cm³/mol. The van der Waals surface area contributed by atoms with Crippen LogP contribution in [0.2, 0.25) is 0 Å². The number of benzene rings is 3. The Morgan fingerprint density at radius 3 is 2.20 bits per heavy atom. The number of carbonyl (C=O) groups excluding carboxylic acids is 1. The molecule has 186 valence electrons. The van der Waals surface area contributed by atoms with Gasteiger partial charge in [0, 0.05) is 11.8 Å². The topological polar surface area (TPSA) is 93.7 Å². The molecule has 0 radical (unpaired) electrons. The third kappa shape index (κ3) is 7.31. The van der Waals surface area contributed by atoms with Crippen LogP contribution in [0.5, 0.6) is 11.5 Å². The maximum absolute atomic E-state index is 13.2. The second kappa shape index (κ2) is 12.4. The lowest BCUT2D eigenvalue weighted by Crippen LogP contribution is -2.45. The van der Waals surface area contributed by atoms with E-state index in [0.717, 1.165) is 24.8 Å². The fourth-order valence-corrected chi connectivity index (χ4v) is 4.85. The first kappa shape index (κ1) is 26.2. The first-order valence-corrected chi connectivity index (χ1v) is 13.0. The van der Waals surface area contributed by atoms with Gasteiger partial charge >= 0.3 is 0 Å². The summed E-state index contributed by atoms with van der Waals surface area (Å²) in [5.41, 5.74) is 2.64. The molecule has 7 nitrogen and oxygen atoms in total. The minimum absolute atomic E-state index is 0.0266. The van der Waals surface area contributed by atoms with E-state index in [-0.39, 0.29) is 17.1 Å². The summed E-state index contributed by atoms with van der Waals surface area (Å²) in [4.78, 5) is 13.2. The van der Waals surface area contributed by atoms with Crippen LogP contribution in [0.1, 0.15) is 30.9 Å². The summed E-state index contributed by atoms with van der Waals surface area (Å²) in [5, 5.41) is 2.85. The molecule has 0 saturated heterocycles. The quantitative estimate of drug-likeness (QED) is 0.383. The van der Waals surface area contributed by atoms with Crippen molar-refractivity contribution in [2.24, 2.45) is 0 Å². The van der Waals surface area contributed by atoms with Crippen molar-refractivity contribution >= 4 is 21.6 Å². The molecule has 3 aromatic carbocycles. The summed E-state index contributed by atoms with van der Waals surface area (Å²) in [6, 6.07) is 20.2. The zero-order chi connectivity index (χ0) is 25.3. The first-order chi connectivity index (χ1) is 16.9. The highest BCUT2D eigenvalue weighted by molar-refractivity contribution is 7.89. The van der Waals surface area contributed by atoms with Crippen molar-refractivity contribution in [2.45, 2.75) is 43.5 Å². The lowest BCUT2D eigenvalue weighted by Gasteiger charge is -2.19. The molecule has 0 unspecified atom stereocenters. The van der Waals surface area contributed by atoms with E-state index in [4.69, 9.17) is 9.47 Å². The van der Waals surface area contributed by atoms with Crippen molar-refractivity contribution in [1.29, 1.82) is 0 Å². The van der Waals surface area contributed by atoms with Gasteiger partial charge in [-0.15, -0.1) is 0 Å². The van der Waals surface area contributed by atoms with E-state index < -0.39 is 22.0 Å². The van der Waals surface area contributed by atoms with Crippen molar-refractivity contribution in [3.63, 3.8) is 0 Å². The van der Waals surface area contributed by atoms with Crippen LogP contribution < -0.4 is 19.5 Å². The van der Waals surface area contributed by atoms with E-state index in [2.05, 4.69) is 17.0 Å². The number of aryl methyl sites for hydroxylation is 1. The number of anilines is 1. The highest BCUT2D eigenvalue weighted by Crippen LogP contribution is 2.29. The molecule has 0 fully saturated rings. The van der Waals surface area contributed by atoms with Crippen LogP contribution in [-0.4, -0.2) is 34.6 Å². The summed E-state index contributed by atoms with van der Waals surface area (Å²) in [7, 11) is -1.13. The Kier molecular flexibility index (Phi) is 9.28. The molecular formula is C27H32N2O5S. The second-order valence-electron chi connectivity index (χ2n) is 8.17. The van der Waals surface area contributed by atoms with Gasteiger partial charge in [-0.05, 0) is 54.7 Å². The molecule has 0 aromatic heterocycles. The van der Waals surface area contributed by atoms with Crippen molar-refractivity contribution < 1.29 is 22.7 Å². The Bertz CT molecular complexity index is 1210. The van der Waals surface area contributed by atoms with E-state index in [1.165, 1.54) is 38.0 Å². The Balaban J connectivity index is 1.83. The molecule has 3 rings (SSSR count). The van der Waals surface area contributed by atoms with Gasteiger partial charge in [0.1, 0.15) is 6.04 Å². The van der Waals surface area contributed by atoms with Crippen LogP contribution in [0.15, 0.2) is 77.7 Å². The largest absolute Gasteiger partial charge is 0.493 e. The van der Waals surface area contributed by atoms with Crippen molar-refractivity contribution in [2.75, 3.05) is 19.5 Å². The van der Waals surface area contributed by atoms with Gasteiger partial charge in [-0.2, -0.15) is 4.72 Å². The number of carbonyl (C=O) groups is 1. The molecule has 3 aromatic rings. The molecule has 0 aliphatic heterocycles. The number of ether oxygens (including phenoxy) is 2. The van der Waals surface area contributed by atoms with Gasteiger partial charge < -0.3 is 14.8 Å². The van der Waals surface area contributed by atoms with Gasteiger partial charge in [0.15, 0.2) is 11.5 Å². The fourth-order valence-electron chi connectivity index (χ4n) is 3.64. The highest BCUT2D eigenvalue weighted by atomic mass is 32.2. The Morgan fingerprint density at radius 2 is 1.57 bits per heavy atom. The molecule has 0 saturated carbocycles. The molecule has 0 aliphatic carbocycles. The minimum atomic E-state index is -4.04. The van der Waals surface area contributed by atoms with E-state index in [1.807, 2.05) is 54.6 Å². The monoisotopic (exact) mass is 496 g/mol. The number of amides is 1. The van der Waals surface area contributed by atoms with Crippen LogP contribution >= 0.6 is 0 Å². The summed E-state index contributed by atoms with van der Waals surface area (Å²) in [6.07, 6.45) is 3.38. The van der Waals surface area contributed by atoms with Crippen LogP contribution in [0.3, 0.4) is 0 Å². The molecule has 0 bridgehead atoms. The molecular weight excluding hydrogens is 464 g/mol. The average molecular weight is 497 g/mol. The number of rotatable bonds is 12. The van der Waals surface area contributed by atoms with Gasteiger partial charge in [-0.3, -0.25) is 4.79 Å².